The van der Waals surface area contributed by atoms with Crippen molar-refractivity contribution in [2.45, 2.75) is 26.3 Å². The Balaban J connectivity index is 1.87. The second-order valence-corrected chi connectivity index (χ2v) is 5.18. The maximum absolute atomic E-state index is 5.84. The van der Waals surface area contributed by atoms with E-state index >= 15 is 0 Å². The highest BCUT2D eigenvalue weighted by Crippen LogP contribution is 2.28. The van der Waals surface area contributed by atoms with Crippen LogP contribution in [0.2, 0.25) is 5.02 Å². The maximum Gasteiger partial charge on any atom is 0.0406 e. The highest BCUT2D eigenvalue weighted by molar-refractivity contribution is 6.30. The molecule has 1 aromatic carbocycles. The lowest BCUT2D eigenvalue weighted by Crippen LogP contribution is -2.19. The fourth-order valence-corrected chi connectivity index (χ4v) is 1.92. The highest BCUT2D eigenvalue weighted by Gasteiger charge is 2.31. The van der Waals surface area contributed by atoms with Crippen LogP contribution >= 0.6 is 11.6 Å². The molecule has 0 aliphatic heterocycles. The van der Waals surface area contributed by atoms with Crippen molar-refractivity contribution in [2.24, 2.45) is 5.92 Å². The van der Waals surface area contributed by atoms with E-state index in [1.54, 1.807) is 0 Å². The summed E-state index contributed by atoms with van der Waals surface area (Å²) in [5.41, 5.74) is 2.58. The molecule has 2 rings (SSSR count). The maximum atomic E-state index is 5.84. The predicted molar refractivity (Wildman–Crippen MR) is 70.7 cm³/mol. The van der Waals surface area contributed by atoms with Crippen LogP contribution < -0.4 is 5.32 Å². The molecule has 1 nitrogen and oxygen atoms in total. The van der Waals surface area contributed by atoms with E-state index in [-0.39, 0.29) is 0 Å². The Hall–Kier alpha value is -0.790. The van der Waals surface area contributed by atoms with E-state index in [9.17, 15) is 0 Å². The Kier molecular flexibility index (Phi) is 3.67. The lowest BCUT2D eigenvalue weighted by atomic mass is 10.1. The molecule has 1 fully saturated rings. The second kappa shape index (κ2) is 5.03. The molecular formula is C14H18ClN. The van der Waals surface area contributed by atoms with E-state index < -0.39 is 0 Å². The third-order valence-electron chi connectivity index (χ3n) is 3.04. The van der Waals surface area contributed by atoms with Gasteiger partial charge in [-0.1, -0.05) is 42.3 Å². The van der Waals surface area contributed by atoms with Crippen LogP contribution in [0.5, 0.6) is 0 Å². The summed E-state index contributed by atoms with van der Waals surface area (Å²) in [6, 6.07) is 8.69. The summed E-state index contributed by atoms with van der Waals surface area (Å²) in [6.07, 6.45) is 3.53. The average molecular weight is 236 g/mol. The first-order valence-corrected chi connectivity index (χ1v) is 6.19. The van der Waals surface area contributed by atoms with E-state index in [4.69, 9.17) is 11.6 Å². The summed E-state index contributed by atoms with van der Waals surface area (Å²) >= 11 is 5.84. The summed E-state index contributed by atoms with van der Waals surface area (Å²) in [7, 11) is 0. The third-order valence-corrected chi connectivity index (χ3v) is 3.29. The van der Waals surface area contributed by atoms with Gasteiger partial charge in [0, 0.05) is 17.6 Å². The van der Waals surface area contributed by atoms with Gasteiger partial charge in [0.05, 0.1) is 0 Å². The molecule has 0 radical (unpaired) electrons. The van der Waals surface area contributed by atoms with Gasteiger partial charge in [-0.3, -0.25) is 0 Å². The van der Waals surface area contributed by atoms with Crippen LogP contribution in [0.4, 0.5) is 0 Å². The van der Waals surface area contributed by atoms with Crippen molar-refractivity contribution in [3.05, 3.63) is 40.4 Å². The topological polar surface area (TPSA) is 12.0 Å². The van der Waals surface area contributed by atoms with Crippen molar-refractivity contribution >= 4 is 17.7 Å². The standard InChI is InChI=1S/C14H18ClN/c1-10(9-16-14-8-11(14)2)7-12-3-5-13(15)6-4-12/h3-7,11,14,16H,8-9H2,1-2H3/b10-7+. The lowest BCUT2D eigenvalue weighted by Gasteiger charge is -2.04. The fraction of sp³-hybridized carbons (Fsp3) is 0.429. The molecule has 0 amide bonds. The first kappa shape index (κ1) is 11.7. The zero-order valence-corrected chi connectivity index (χ0v) is 10.6. The minimum Gasteiger partial charge on any atom is -0.310 e. The zero-order valence-electron chi connectivity index (χ0n) is 9.83. The smallest absolute Gasteiger partial charge is 0.0406 e. The highest BCUT2D eigenvalue weighted by atomic mass is 35.5. The van der Waals surface area contributed by atoms with Gasteiger partial charge in [0.25, 0.3) is 0 Å². The van der Waals surface area contributed by atoms with Crippen molar-refractivity contribution in [3.63, 3.8) is 0 Å². The van der Waals surface area contributed by atoms with Crippen molar-refractivity contribution < 1.29 is 0 Å². The van der Waals surface area contributed by atoms with Gasteiger partial charge < -0.3 is 5.32 Å². The quantitative estimate of drug-likeness (QED) is 0.839. The van der Waals surface area contributed by atoms with Crippen molar-refractivity contribution in [3.8, 4) is 0 Å². The normalized spacial score (nSPS) is 24.6. The fourth-order valence-electron chi connectivity index (χ4n) is 1.79. The Morgan fingerprint density at radius 1 is 1.44 bits per heavy atom. The summed E-state index contributed by atoms with van der Waals surface area (Å²) in [5, 5.41) is 4.33. The van der Waals surface area contributed by atoms with Gasteiger partial charge >= 0.3 is 0 Å². The number of benzene rings is 1. The molecule has 0 saturated heterocycles. The summed E-state index contributed by atoms with van der Waals surface area (Å²) in [4.78, 5) is 0. The van der Waals surface area contributed by atoms with Crippen LogP contribution in [0.3, 0.4) is 0 Å². The zero-order chi connectivity index (χ0) is 11.5. The van der Waals surface area contributed by atoms with Crippen molar-refractivity contribution in [1.29, 1.82) is 0 Å². The van der Waals surface area contributed by atoms with Gasteiger partial charge in [0.2, 0.25) is 0 Å². The van der Waals surface area contributed by atoms with E-state index in [0.29, 0.717) is 0 Å². The third kappa shape index (κ3) is 3.36. The minimum atomic E-state index is 0.744. The molecule has 2 heteroatoms. The molecule has 86 valence electrons. The number of nitrogens with one attached hydrogen (secondary N) is 1. The number of hydrogen-bond acceptors (Lipinski definition) is 1. The number of rotatable bonds is 4. The molecule has 16 heavy (non-hydrogen) atoms. The molecule has 1 N–H and O–H groups in total. The van der Waals surface area contributed by atoms with Crippen LogP contribution in [0.25, 0.3) is 6.08 Å². The lowest BCUT2D eigenvalue weighted by molar-refractivity contribution is 0.692. The first-order chi connectivity index (χ1) is 7.65. The van der Waals surface area contributed by atoms with Gasteiger partial charge in [-0.25, -0.2) is 0 Å². The summed E-state index contributed by atoms with van der Waals surface area (Å²) in [5.74, 6) is 0.864. The molecule has 0 spiro atoms. The van der Waals surface area contributed by atoms with Crippen LogP contribution in [0.15, 0.2) is 29.8 Å². The number of halogens is 1. The molecule has 0 heterocycles. The number of hydrogen-bond donors (Lipinski definition) is 1. The first-order valence-electron chi connectivity index (χ1n) is 5.81. The van der Waals surface area contributed by atoms with Gasteiger partial charge in [-0.2, -0.15) is 0 Å². The Morgan fingerprint density at radius 3 is 2.62 bits per heavy atom. The molecular weight excluding hydrogens is 218 g/mol. The van der Waals surface area contributed by atoms with Crippen molar-refractivity contribution in [1.82, 2.24) is 5.32 Å². The largest absolute Gasteiger partial charge is 0.310 e. The van der Waals surface area contributed by atoms with Crippen LogP contribution in [0, 0.1) is 5.92 Å². The molecule has 2 atom stereocenters. The van der Waals surface area contributed by atoms with Gasteiger partial charge in [0.15, 0.2) is 0 Å². The molecule has 1 aliphatic carbocycles. The van der Waals surface area contributed by atoms with Crippen molar-refractivity contribution in [2.75, 3.05) is 6.54 Å². The molecule has 1 saturated carbocycles. The van der Waals surface area contributed by atoms with Crippen LogP contribution in [-0.4, -0.2) is 12.6 Å². The SMILES string of the molecule is C/C(=C\c1ccc(Cl)cc1)CNC1CC1C. The van der Waals surface area contributed by atoms with Gasteiger partial charge in [-0.05, 0) is 37.0 Å². The van der Waals surface area contributed by atoms with Gasteiger partial charge in [0.1, 0.15) is 0 Å². The molecule has 0 aromatic heterocycles. The molecule has 2 unspecified atom stereocenters. The Bertz CT molecular complexity index is 380. The van der Waals surface area contributed by atoms with E-state index in [1.165, 1.54) is 17.6 Å². The molecule has 1 aliphatic rings. The van der Waals surface area contributed by atoms with Crippen LogP contribution in [0.1, 0.15) is 25.8 Å². The summed E-state index contributed by atoms with van der Waals surface area (Å²) in [6.45, 7) is 5.43. The summed E-state index contributed by atoms with van der Waals surface area (Å²) < 4.78 is 0. The average Bonchev–Trinajstić information content (AvgIpc) is 2.95. The Morgan fingerprint density at radius 2 is 2.06 bits per heavy atom. The van der Waals surface area contributed by atoms with E-state index in [2.05, 4.69) is 25.2 Å². The Labute approximate surface area is 103 Å². The van der Waals surface area contributed by atoms with Gasteiger partial charge in [-0.15, -0.1) is 0 Å². The predicted octanol–water partition coefficient (Wildman–Crippen LogP) is 3.74. The van der Waals surface area contributed by atoms with E-state index in [1.807, 2.05) is 24.3 Å². The molecule has 1 aromatic rings. The monoisotopic (exact) mass is 235 g/mol. The van der Waals surface area contributed by atoms with E-state index in [0.717, 1.165) is 23.5 Å². The molecule has 0 bridgehead atoms. The second-order valence-electron chi connectivity index (χ2n) is 4.74. The minimum absolute atomic E-state index is 0.744. The van der Waals surface area contributed by atoms with Crippen LogP contribution in [-0.2, 0) is 0 Å².